The van der Waals surface area contributed by atoms with Crippen molar-refractivity contribution in [1.82, 2.24) is 29.5 Å². The van der Waals surface area contributed by atoms with Crippen molar-refractivity contribution < 1.29 is 42.2 Å². The molecule has 69 heavy (non-hydrogen) atoms. The van der Waals surface area contributed by atoms with Crippen molar-refractivity contribution in [3.05, 3.63) is 83.1 Å². The number of methoxy groups -OCH3 is 1. The number of aromatic nitrogens is 1. The number of esters is 1. The number of phenols is 1. The highest BCUT2D eigenvalue weighted by atomic mass is 32.2. The fraction of sp³-hybridized carbons (Fsp3) is 0.519. The van der Waals surface area contributed by atoms with Gasteiger partial charge >= 0.3 is 5.97 Å². The van der Waals surface area contributed by atoms with Crippen LogP contribution in [0.4, 0.5) is 0 Å². The average molecular weight is 970 g/mol. The van der Waals surface area contributed by atoms with Crippen molar-refractivity contribution in [2.45, 2.75) is 118 Å². The van der Waals surface area contributed by atoms with Crippen LogP contribution in [0, 0.1) is 17.3 Å². The van der Waals surface area contributed by atoms with E-state index in [9.17, 15) is 32.7 Å². The van der Waals surface area contributed by atoms with E-state index >= 15 is 0 Å². The maximum Gasteiger partial charge on any atom is 0.324 e. The fourth-order valence-corrected chi connectivity index (χ4v) is 11.3. The number of hydrazine groups is 1. The predicted octanol–water partition coefficient (Wildman–Crippen LogP) is 6.37. The van der Waals surface area contributed by atoms with Crippen LogP contribution < -0.4 is 10.7 Å². The van der Waals surface area contributed by atoms with Gasteiger partial charge in [-0.2, -0.15) is 4.31 Å². The number of aliphatic imine (C=N–C) groups is 1. The lowest BCUT2D eigenvalue weighted by Crippen LogP contribution is -2.62. The quantitative estimate of drug-likeness (QED) is 0.0985. The third-order valence-corrected chi connectivity index (χ3v) is 15.1. The van der Waals surface area contributed by atoms with E-state index in [1.165, 1.54) is 27.3 Å². The number of aryl methyl sites for hydroxylation is 1. The number of phenolic OH excluding ortho intramolecular Hbond substituents is 1. The number of hydrogen-bond acceptors (Lipinski definition) is 11. The molecule has 2 fully saturated rings. The number of benzene rings is 2. The fourth-order valence-electron chi connectivity index (χ4n) is 10.0. The number of sulfonamides is 1. The lowest BCUT2D eigenvalue weighted by Gasteiger charge is -2.37. The molecule has 4 heterocycles. The van der Waals surface area contributed by atoms with Crippen LogP contribution in [0.3, 0.4) is 0 Å². The number of amides is 3. The van der Waals surface area contributed by atoms with E-state index < -0.39 is 63.2 Å². The van der Waals surface area contributed by atoms with E-state index in [2.05, 4.69) is 40.9 Å². The molecular weight excluding hydrogens is 899 g/mol. The molecule has 0 unspecified atom stereocenters. The van der Waals surface area contributed by atoms with Gasteiger partial charge in [0.25, 0.3) is 5.91 Å². The number of rotatable bonds is 13. The Balaban J connectivity index is 1.45. The smallest absolute Gasteiger partial charge is 0.324 e. The summed E-state index contributed by atoms with van der Waals surface area (Å²) in [6.45, 7) is 20.5. The Hall–Kier alpha value is -5.62. The zero-order chi connectivity index (χ0) is 50.5. The maximum absolute atomic E-state index is 14.8. The molecule has 0 radical (unpaired) electrons. The molecule has 17 heteroatoms. The molecule has 3 aliphatic heterocycles. The Labute approximate surface area is 407 Å². The number of carbonyl (C=O) groups excluding carboxylic acids is 4. The molecule has 5 atom stereocenters. The van der Waals surface area contributed by atoms with E-state index in [1.54, 1.807) is 46.2 Å². The molecule has 2 saturated heterocycles. The highest BCUT2D eigenvalue weighted by Gasteiger charge is 2.41. The second-order valence-electron chi connectivity index (χ2n) is 19.5. The minimum Gasteiger partial charge on any atom is -0.508 e. The highest BCUT2D eigenvalue weighted by molar-refractivity contribution is 7.92. The number of ether oxygens (including phenoxy) is 2. The van der Waals surface area contributed by atoms with Gasteiger partial charge in [-0.05, 0) is 106 Å². The van der Waals surface area contributed by atoms with Crippen LogP contribution >= 0.6 is 0 Å². The van der Waals surface area contributed by atoms with Crippen LogP contribution in [0.15, 0.2) is 71.2 Å². The van der Waals surface area contributed by atoms with Crippen LogP contribution in [0.25, 0.3) is 27.6 Å². The minimum absolute atomic E-state index is 0.0136. The van der Waals surface area contributed by atoms with Crippen molar-refractivity contribution >= 4 is 56.4 Å². The van der Waals surface area contributed by atoms with Crippen molar-refractivity contribution in [3.8, 4) is 16.9 Å². The van der Waals surface area contributed by atoms with Gasteiger partial charge in [-0.25, -0.2) is 13.8 Å². The molecule has 2 aromatic carbocycles. The minimum atomic E-state index is -3.69. The second kappa shape index (κ2) is 22.0. The summed E-state index contributed by atoms with van der Waals surface area (Å²) in [7, 11) is -0.521. The average Bonchev–Trinajstić information content (AvgIpc) is 3.93. The molecule has 0 saturated carbocycles. The van der Waals surface area contributed by atoms with Crippen LogP contribution in [0.2, 0.25) is 0 Å². The molecule has 0 spiro atoms. The van der Waals surface area contributed by atoms with Gasteiger partial charge in [-0.3, -0.25) is 29.2 Å². The van der Waals surface area contributed by atoms with Crippen LogP contribution in [-0.2, 0) is 58.1 Å². The normalized spacial score (nSPS) is 21.8. The van der Waals surface area contributed by atoms with Gasteiger partial charge in [0, 0.05) is 80.3 Å². The van der Waals surface area contributed by atoms with Gasteiger partial charge in [0.1, 0.15) is 23.9 Å². The number of likely N-dealkylation sites (N-methyl/N-ethyl adjacent to an activating group) is 1. The lowest BCUT2D eigenvalue weighted by atomic mass is 9.84. The van der Waals surface area contributed by atoms with Crippen LogP contribution in [-0.4, -0.2) is 127 Å². The summed E-state index contributed by atoms with van der Waals surface area (Å²) in [5, 5.41) is 17.7. The van der Waals surface area contributed by atoms with E-state index in [0.29, 0.717) is 49.1 Å². The number of allylic oxidation sites excluding steroid dienone is 3. The Morgan fingerprint density at radius 1 is 1.10 bits per heavy atom. The Bertz CT molecular complexity index is 2650. The molecule has 6 bridgehead atoms. The van der Waals surface area contributed by atoms with E-state index in [0.717, 1.165) is 38.7 Å². The SMILES string of the molecule is C=C/C(=C(\N=C/C)[C@H](C)OC)c1c2c3cc(ccc3n1CC)-c1cc(O)cc(c1)C[C@H](NC(=O)[C@H](C(C)C)N(C)C(=O)[C@H]1CCN(S(=O)(=O)/C=C/C)C1)C(=O)N1CCC[C@H](N1)C(=O)OCC(C)(C)C2. The molecule has 1 aromatic heterocycles. The van der Waals surface area contributed by atoms with Crippen molar-refractivity contribution in [2.75, 3.05) is 40.4 Å². The number of nitrogens with one attached hydrogen (secondary N) is 2. The first-order valence-electron chi connectivity index (χ1n) is 24.0. The van der Waals surface area contributed by atoms with E-state index in [-0.39, 0.29) is 50.4 Å². The zero-order valence-corrected chi connectivity index (χ0v) is 42.7. The summed E-state index contributed by atoms with van der Waals surface area (Å²) in [6, 6.07) is 8.19. The van der Waals surface area contributed by atoms with Crippen molar-refractivity contribution in [2.24, 2.45) is 22.2 Å². The summed E-state index contributed by atoms with van der Waals surface area (Å²) >= 11 is 0. The van der Waals surface area contributed by atoms with Crippen molar-refractivity contribution in [3.63, 3.8) is 0 Å². The third-order valence-electron chi connectivity index (χ3n) is 13.4. The summed E-state index contributed by atoms with van der Waals surface area (Å²) in [5.74, 6) is -3.09. The van der Waals surface area contributed by atoms with Gasteiger partial charge < -0.3 is 29.4 Å². The van der Waals surface area contributed by atoms with E-state index in [1.807, 2.05) is 45.9 Å². The predicted molar refractivity (Wildman–Crippen MR) is 269 cm³/mol. The molecule has 3 amide bonds. The topological polar surface area (TPSA) is 192 Å². The summed E-state index contributed by atoms with van der Waals surface area (Å²) in [6.07, 6.45) is 6.27. The first-order chi connectivity index (χ1) is 32.7. The molecule has 0 aliphatic carbocycles. The second-order valence-corrected chi connectivity index (χ2v) is 21.3. The Morgan fingerprint density at radius 3 is 2.49 bits per heavy atom. The number of aromatic hydroxyl groups is 1. The van der Waals surface area contributed by atoms with E-state index in [4.69, 9.17) is 14.5 Å². The monoisotopic (exact) mass is 970 g/mol. The van der Waals surface area contributed by atoms with Gasteiger partial charge in [-0.15, -0.1) is 0 Å². The number of hydrogen-bond donors (Lipinski definition) is 3. The van der Waals surface area contributed by atoms with Gasteiger partial charge in [0.2, 0.25) is 21.8 Å². The Morgan fingerprint density at radius 2 is 1.84 bits per heavy atom. The highest BCUT2D eigenvalue weighted by Crippen LogP contribution is 2.41. The zero-order valence-electron chi connectivity index (χ0n) is 41.9. The molecule has 16 nitrogen and oxygen atoms in total. The van der Waals surface area contributed by atoms with Gasteiger partial charge in [0.15, 0.2) is 0 Å². The molecular formula is C52H71N7O9S. The largest absolute Gasteiger partial charge is 0.508 e. The van der Waals surface area contributed by atoms with Gasteiger partial charge in [0.05, 0.1) is 30.0 Å². The molecule has 3 N–H and O–H groups in total. The number of carbonyl (C=O) groups is 4. The standard InChI is InChI=1S/C52H71N7O9S/c1-12-23-69(65,66)57-22-20-36(30-57)49(62)56(10)46(32(5)6)48(61)54-43-26-34-24-37(27-38(60)25-34)35-18-19-44-40(28-35)41(47(58(44)15-4)39(13-2)45(53-14-3)33(7)67-11)29-52(8,9)31-68-51(64)42-17-16-21-59(55-42)50(43)63/h12-14,18-19,23-25,27-28,32-33,36,42-43,46,55,60H,2,15-17,20-22,26,29-31H2,1,3-11H3,(H,54,61)/b23-12+,45-39+,53-14-/t33-,36-,42-,43-,46-/m0/s1. The third kappa shape index (κ3) is 11.5. The lowest BCUT2D eigenvalue weighted by molar-refractivity contribution is -0.155. The molecule has 3 aromatic rings. The summed E-state index contributed by atoms with van der Waals surface area (Å²) in [5.41, 5.74) is 8.96. The molecule has 6 rings (SSSR count). The maximum atomic E-state index is 14.8. The van der Waals surface area contributed by atoms with Crippen molar-refractivity contribution in [1.29, 1.82) is 0 Å². The first kappa shape index (κ1) is 52.7. The first-order valence-corrected chi connectivity index (χ1v) is 25.5. The molecule has 374 valence electrons. The summed E-state index contributed by atoms with van der Waals surface area (Å²) < 4.78 is 41.0. The Kier molecular flexibility index (Phi) is 16.8. The van der Waals surface area contributed by atoms with Gasteiger partial charge in [-0.1, -0.05) is 58.6 Å². The number of fused-ring (bicyclic) bond motifs is 6. The van der Waals surface area contributed by atoms with Crippen LogP contribution in [0.1, 0.15) is 91.5 Å². The number of nitrogens with zero attached hydrogens (tertiary/aromatic N) is 5. The number of cyclic esters (lactones) is 1. The molecule has 3 aliphatic rings. The summed E-state index contributed by atoms with van der Waals surface area (Å²) in [4.78, 5) is 63.4. The van der Waals surface area contributed by atoms with Crippen LogP contribution in [0.5, 0.6) is 5.75 Å².